The molecule has 0 amide bonds. The molecule has 0 aromatic carbocycles. The molecule has 3 aromatic rings. The number of thiazole rings is 1. The van der Waals surface area contributed by atoms with E-state index in [9.17, 15) is 0 Å². The third-order valence-electron chi connectivity index (χ3n) is 3.36. The van der Waals surface area contributed by atoms with Crippen molar-refractivity contribution in [3.8, 4) is 0 Å². The monoisotopic (exact) mass is 286 g/mol. The SMILES string of the molecule is CCNC(Cc1csc(C)n1)c1cnn2ccccc12. The van der Waals surface area contributed by atoms with Crippen molar-refractivity contribution < 1.29 is 0 Å². The first-order valence-corrected chi connectivity index (χ1v) is 7.72. The first-order chi connectivity index (χ1) is 9.78. The van der Waals surface area contributed by atoms with Crippen LogP contribution in [-0.4, -0.2) is 21.1 Å². The van der Waals surface area contributed by atoms with E-state index in [1.165, 1.54) is 5.56 Å². The Kier molecular flexibility index (Phi) is 3.80. The van der Waals surface area contributed by atoms with Crippen LogP contribution in [0, 0.1) is 6.92 Å². The van der Waals surface area contributed by atoms with Crippen molar-refractivity contribution >= 4 is 16.9 Å². The van der Waals surface area contributed by atoms with Gasteiger partial charge in [0, 0.05) is 29.6 Å². The molecule has 0 aliphatic rings. The van der Waals surface area contributed by atoms with Crippen LogP contribution in [0.4, 0.5) is 0 Å². The summed E-state index contributed by atoms with van der Waals surface area (Å²) in [5, 5.41) is 11.2. The third kappa shape index (κ3) is 2.59. The molecule has 3 rings (SSSR count). The van der Waals surface area contributed by atoms with Gasteiger partial charge in [0.25, 0.3) is 0 Å². The summed E-state index contributed by atoms with van der Waals surface area (Å²) in [6.45, 7) is 5.11. The molecule has 1 atom stereocenters. The van der Waals surface area contributed by atoms with E-state index in [-0.39, 0.29) is 6.04 Å². The summed E-state index contributed by atoms with van der Waals surface area (Å²) in [4.78, 5) is 4.57. The summed E-state index contributed by atoms with van der Waals surface area (Å²) in [6, 6.07) is 6.41. The normalized spacial score (nSPS) is 12.9. The topological polar surface area (TPSA) is 42.2 Å². The van der Waals surface area contributed by atoms with Crippen LogP contribution in [0.1, 0.15) is 29.2 Å². The maximum absolute atomic E-state index is 4.57. The Morgan fingerprint density at radius 2 is 2.30 bits per heavy atom. The molecule has 1 N–H and O–H groups in total. The molecule has 104 valence electrons. The van der Waals surface area contributed by atoms with Gasteiger partial charge in [0.2, 0.25) is 0 Å². The minimum atomic E-state index is 0.251. The fourth-order valence-electron chi connectivity index (χ4n) is 2.47. The Balaban J connectivity index is 1.93. The lowest BCUT2D eigenvalue weighted by Crippen LogP contribution is -2.23. The molecule has 0 spiro atoms. The molecule has 4 nitrogen and oxygen atoms in total. The average molecular weight is 286 g/mol. The van der Waals surface area contributed by atoms with Gasteiger partial charge in [-0.3, -0.25) is 0 Å². The van der Waals surface area contributed by atoms with Crippen LogP contribution in [0.25, 0.3) is 5.52 Å². The molecule has 0 radical (unpaired) electrons. The molecule has 20 heavy (non-hydrogen) atoms. The average Bonchev–Trinajstić information content (AvgIpc) is 3.04. The highest BCUT2D eigenvalue weighted by atomic mass is 32.1. The lowest BCUT2D eigenvalue weighted by molar-refractivity contribution is 0.548. The van der Waals surface area contributed by atoms with Crippen molar-refractivity contribution in [2.45, 2.75) is 26.3 Å². The number of aromatic nitrogens is 3. The van der Waals surface area contributed by atoms with Gasteiger partial charge in [-0.25, -0.2) is 9.50 Å². The number of likely N-dealkylation sites (N-methyl/N-ethyl adjacent to an activating group) is 1. The molecule has 5 heteroatoms. The van der Waals surface area contributed by atoms with Crippen molar-refractivity contribution in [3.05, 3.63) is 52.2 Å². The van der Waals surface area contributed by atoms with Crippen LogP contribution in [0.3, 0.4) is 0 Å². The second-order valence-electron chi connectivity index (χ2n) is 4.80. The zero-order valence-corrected chi connectivity index (χ0v) is 12.5. The molecule has 0 aliphatic carbocycles. The number of hydrogen-bond acceptors (Lipinski definition) is 4. The molecule has 1 unspecified atom stereocenters. The zero-order chi connectivity index (χ0) is 13.9. The Hall–Kier alpha value is -1.72. The summed E-state index contributed by atoms with van der Waals surface area (Å²) < 4.78 is 1.92. The minimum Gasteiger partial charge on any atom is -0.310 e. The molecule has 0 bridgehead atoms. The van der Waals surface area contributed by atoms with Gasteiger partial charge in [0.1, 0.15) is 0 Å². The van der Waals surface area contributed by atoms with Gasteiger partial charge < -0.3 is 5.32 Å². The number of pyridine rings is 1. The first kappa shape index (κ1) is 13.3. The Labute approximate surface area is 122 Å². The highest BCUT2D eigenvalue weighted by Crippen LogP contribution is 2.23. The second-order valence-corrected chi connectivity index (χ2v) is 5.86. The molecule has 0 saturated carbocycles. The van der Waals surface area contributed by atoms with E-state index in [0.717, 1.165) is 29.2 Å². The number of hydrogen-bond donors (Lipinski definition) is 1. The number of aryl methyl sites for hydroxylation is 1. The summed E-state index contributed by atoms with van der Waals surface area (Å²) >= 11 is 1.71. The van der Waals surface area contributed by atoms with E-state index in [4.69, 9.17) is 0 Å². The van der Waals surface area contributed by atoms with E-state index in [0.29, 0.717) is 0 Å². The van der Waals surface area contributed by atoms with Gasteiger partial charge in [-0.05, 0) is 25.6 Å². The number of fused-ring (bicyclic) bond motifs is 1. The van der Waals surface area contributed by atoms with Crippen LogP contribution < -0.4 is 5.32 Å². The number of nitrogens with zero attached hydrogens (tertiary/aromatic N) is 3. The predicted molar refractivity (Wildman–Crippen MR) is 82.2 cm³/mol. The fraction of sp³-hybridized carbons (Fsp3) is 0.333. The highest BCUT2D eigenvalue weighted by molar-refractivity contribution is 7.09. The van der Waals surface area contributed by atoms with E-state index in [1.54, 1.807) is 11.3 Å². The first-order valence-electron chi connectivity index (χ1n) is 6.84. The maximum Gasteiger partial charge on any atom is 0.0897 e. The molecular weight excluding hydrogens is 268 g/mol. The van der Waals surface area contributed by atoms with Crippen molar-refractivity contribution in [1.29, 1.82) is 0 Å². The molecular formula is C15H18N4S. The maximum atomic E-state index is 4.57. The standard InChI is InChI=1S/C15H18N4S/c1-3-16-14(8-12-10-20-11(2)18-12)13-9-17-19-7-5-4-6-15(13)19/h4-7,9-10,14,16H,3,8H2,1-2H3. The van der Waals surface area contributed by atoms with E-state index in [2.05, 4.69) is 39.8 Å². The van der Waals surface area contributed by atoms with Crippen LogP contribution in [0.15, 0.2) is 36.0 Å². The summed E-state index contributed by atoms with van der Waals surface area (Å²) in [5.41, 5.74) is 3.54. The van der Waals surface area contributed by atoms with Gasteiger partial charge in [-0.1, -0.05) is 13.0 Å². The molecule has 0 fully saturated rings. The Morgan fingerprint density at radius 1 is 1.40 bits per heavy atom. The third-order valence-corrected chi connectivity index (χ3v) is 4.18. The molecule has 0 aliphatic heterocycles. The molecule has 3 aromatic heterocycles. The molecule has 0 saturated heterocycles. The number of nitrogens with one attached hydrogen (secondary N) is 1. The quantitative estimate of drug-likeness (QED) is 0.784. The largest absolute Gasteiger partial charge is 0.310 e. The Bertz CT molecular complexity index is 701. The zero-order valence-electron chi connectivity index (χ0n) is 11.7. The number of rotatable bonds is 5. The highest BCUT2D eigenvalue weighted by Gasteiger charge is 2.17. The van der Waals surface area contributed by atoms with Gasteiger partial charge in [-0.2, -0.15) is 5.10 Å². The smallest absolute Gasteiger partial charge is 0.0897 e. The van der Waals surface area contributed by atoms with Crippen molar-refractivity contribution in [2.75, 3.05) is 6.54 Å². The van der Waals surface area contributed by atoms with Gasteiger partial charge >= 0.3 is 0 Å². The lowest BCUT2D eigenvalue weighted by atomic mass is 10.0. The molecule has 3 heterocycles. The Morgan fingerprint density at radius 3 is 3.05 bits per heavy atom. The predicted octanol–water partition coefficient (Wildman–Crippen LogP) is 2.99. The summed E-state index contributed by atoms with van der Waals surface area (Å²) in [7, 11) is 0. The van der Waals surface area contributed by atoms with Crippen molar-refractivity contribution in [2.24, 2.45) is 0 Å². The van der Waals surface area contributed by atoms with Crippen molar-refractivity contribution in [3.63, 3.8) is 0 Å². The van der Waals surface area contributed by atoms with Crippen LogP contribution in [0.5, 0.6) is 0 Å². The van der Waals surface area contributed by atoms with Gasteiger partial charge in [-0.15, -0.1) is 11.3 Å². The van der Waals surface area contributed by atoms with Gasteiger partial charge in [0.05, 0.1) is 22.4 Å². The summed E-state index contributed by atoms with van der Waals surface area (Å²) in [6.07, 6.45) is 4.84. The van der Waals surface area contributed by atoms with E-state index >= 15 is 0 Å². The van der Waals surface area contributed by atoms with Crippen LogP contribution >= 0.6 is 11.3 Å². The second kappa shape index (κ2) is 5.73. The van der Waals surface area contributed by atoms with E-state index in [1.807, 2.05) is 29.9 Å². The van der Waals surface area contributed by atoms with Crippen LogP contribution in [-0.2, 0) is 6.42 Å². The minimum absolute atomic E-state index is 0.251. The van der Waals surface area contributed by atoms with Crippen LogP contribution in [0.2, 0.25) is 0 Å². The van der Waals surface area contributed by atoms with E-state index < -0.39 is 0 Å². The van der Waals surface area contributed by atoms with Gasteiger partial charge in [0.15, 0.2) is 0 Å². The van der Waals surface area contributed by atoms with Crippen molar-refractivity contribution in [1.82, 2.24) is 19.9 Å². The fourth-order valence-corrected chi connectivity index (χ4v) is 3.10. The summed E-state index contributed by atoms with van der Waals surface area (Å²) in [5.74, 6) is 0. The lowest BCUT2D eigenvalue weighted by Gasteiger charge is -2.16.